The molecule has 1 saturated heterocycles. The van der Waals surface area contributed by atoms with Crippen molar-refractivity contribution >= 4 is 17.8 Å². The molecule has 29 heavy (non-hydrogen) atoms. The van der Waals surface area contributed by atoms with E-state index in [1.165, 1.54) is 18.2 Å². The average Bonchev–Trinajstić information content (AvgIpc) is 2.78. The number of fused-ring (bicyclic) bond motifs is 1. The first-order valence-corrected chi connectivity index (χ1v) is 9.76. The van der Waals surface area contributed by atoms with Gasteiger partial charge >= 0.3 is 0 Å². The summed E-state index contributed by atoms with van der Waals surface area (Å²) in [5, 5.41) is 0. The SMILES string of the molecule is O=C(c1ccc2c(c1)OCCO2)C1CCN(C(=O)C=Cc2ccc(F)cc2)CC1. The number of halogens is 1. The van der Waals surface area contributed by atoms with Gasteiger partial charge in [-0.3, -0.25) is 9.59 Å². The number of likely N-dealkylation sites (tertiary alicyclic amines) is 1. The van der Waals surface area contributed by atoms with Gasteiger partial charge in [-0.15, -0.1) is 0 Å². The number of carbonyl (C=O) groups excluding carboxylic acids is 2. The summed E-state index contributed by atoms with van der Waals surface area (Å²) in [6.07, 6.45) is 4.43. The van der Waals surface area contributed by atoms with Gasteiger partial charge in [-0.05, 0) is 54.8 Å². The number of benzene rings is 2. The number of rotatable bonds is 4. The predicted molar refractivity (Wildman–Crippen MR) is 107 cm³/mol. The highest BCUT2D eigenvalue weighted by molar-refractivity contribution is 5.99. The molecular weight excluding hydrogens is 373 g/mol. The molecule has 0 spiro atoms. The molecule has 6 heteroatoms. The Morgan fingerprint density at radius 1 is 0.966 bits per heavy atom. The van der Waals surface area contributed by atoms with Gasteiger partial charge in [0, 0.05) is 30.6 Å². The zero-order valence-corrected chi connectivity index (χ0v) is 16.0. The molecule has 0 radical (unpaired) electrons. The van der Waals surface area contributed by atoms with Crippen LogP contribution in [-0.2, 0) is 4.79 Å². The third-order valence-corrected chi connectivity index (χ3v) is 5.29. The molecule has 0 saturated carbocycles. The molecule has 5 nitrogen and oxygen atoms in total. The van der Waals surface area contributed by atoms with Crippen molar-refractivity contribution in [1.82, 2.24) is 4.90 Å². The van der Waals surface area contributed by atoms with Crippen LogP contribution < -0.4 is 9.47 Å². The molecule has 0 N–H and O–H groups in total. The highest BCUT2D eigenvalue weighted by Gasteiger charge is 2.28. The molecule has 4 rings (SSSR count). The van der Waals surface area contributed by atoms with Crippen LogP contribution in [0, 0.1) is 11.7 Å². The highest BCUT2D eigenvalue weighted by atomic mass is 19.1. The van der Waals surface area contributed by atoms with Crippen LogP contribution >= 0.6 is 0 Å². The molecule has 2 aromatic carbocycles. The number of ketones is 1. The van der Waals surface area contributed by atoms with Crippen LogP contribution in [-0.4, -0.2) is 42.9 Å². The second-order valence-corrected chi connectivity index (χ2v) is 7.21. The van der Waals surface area contributed by atoms with E-state index in [2.05, 4.69) is 0 Å². The summed E-state index contributed by atoms with van der Waals surface area (Å²) in [6.45, 7) is 2.07. The second-order valence-electron chi connectivity index (χ2n) is 7.21. The summed E-state index contributed by atoms with van der Waals surface area (Å²) in [7, 11) is 0. The minimum Gasteiger partial charge on any atom is -0.486 e. The Hall–Kier alpha value is -3.15. The Bertz CT molecular complexity index is 930. The first-order chi connectivity index (χ1) is 14.1. The van der Waals surface area contributed by atoms with E-state index in [1.807, 2.05) is 0 Å². The normalized spacial score (nSPS) is 16.8. The summed E-state index contributed by atoms with van der Waals surface area (Å²) in [6, 6.07) is 11.3. The lowest BCUT2D eigenvalue weighted by molar-refractivity contribution is -0.127. The van der Waals surface area contributed by atoms with Crippen LogP contribution in [0.1, 0.15) is 28.8 Å². The first-order valence-electron chi connectivity index (χ1n) is 9.76. The summed E-state index contributed by atoms with van der Waals surface area (Å²) >= 11 is 0. The van der Waals surface area contributed by atoms with Gasteiger partial charge in [0.15, 0.2) is 17.3 Å². The number of hydrogen-bond acceptors (Lipinski definition) is 4. The zero-order chi connectivity index (χ0) is 20.2. The first kappa shape index (κ1) is 19.2. The zero-order valence-electron chi connectivity index (χ0n) is 16.0. The number of carbonyl (C=O) groups is 2. The summed E-state index contributed by atoms with van der Waals surface area (Å²) in [4.78, 5) is 27.0. The van der Waals surface area contributed by atoms with Gasteiger partial charge in [0.25, 0.3) is 0 Å². The molecule has 0 aliphatic carbocycles. The molecule has 150 valence electrons. The fourth-order valence-electron chi connectivity index (χ4n) is 3.64. The van der Waals surface area contributed by atoms with E-state index < -0.39 is 0 Å². The Labute approximate surface area is 168 Å². The van der Waals surface area contributed by atoms with E-state index in [0.717, 1.165) is 5.56 Å². The van der Waals surface area contributed by atoms with Gasteiger partial charge in [0.1, 0.15) is 19.0 Å². The molecule has 0 aromatic heterocycles. The van der Waals surface area contributed by atoms with Crippen LogP contribution in [0.5, 0.6) is 11.5 Å². The number of piperidine rings is 1. The molecule has 0 unspecified atom stereocenters. The predicted octanol–water partition coefficient (Wildman–Crippen LogP) is 3.73. The molecule has 2 aliphatic rings. The molecule has 2 aromatic rings. The average molecular weight is 395 g/mol. The van der Waals surface area contributed by atoms with Crippen molar-refractivity contribution in [3.05, 3.63) is 65.5 Å². The Morgan fingerprint density at radius 3 is 2.38 bits per heavy atom. The van der Waals surface area contributed by atoms with E-state index in [-0.39, 0.29) is 23.4 Å². The van der Waals surface area contributed by atoms with Crippen molar-refractivity contribution < 1.29 is 23.5 Å². The van der Waals surface area contributed by atoms with Crippen molar-refractivity contribution in [2.24, 2.45) is 5.92 Å². The van der Waals surface area contributed by atoms with Crippen LogP contribution in [0.15, 0.2) is 48.5 Å². The molecule has 1 fully saturated rings. The van der Waals surface area contributed by atoms with Crippen LogP contribution in [0.2, 0.25) is 0 Å². The summed E-state index contributed by atoms with van der Waals surface area (Å²) in [5.41, 5.74) is 1.39. The minimum absolute atomic E-state index is 0.0796. The fourth-order valence-corrected chi connectivity index (χ4v) is 3.64. The molecule has 1 amide bonds. The molecule has 2 aliphatic heterocycles. The van der Waals surface area contributed by atoms with Gasteiger partial charge in [-0.2, -0.15) is 0 Å². The van der Waals surface area contributed by atoms with Crippen LogP contribution in [0.4, 0.5) is 4.39 Å². The van der Waals surface area contributed by atoms with E-state index in [1.54, 1.807) is 41.3 Å². The van der Waals surface area contributed by atoms with Crippen molar-refractivity contribution in [2.75, 3.05) is 26.3 Å². The smallest absolute Gasteiger partial charge is 0.246 e. The lowest BCUT2D eigenvalue weighted by Crippen LogP contribution is -2.39. The number of hydrogen-bond donors (Lipinski definition) is 0. The van der Waals surface area contributed by atoms with E-state index in [4.69, 9.17) is 9.47 Å². The number of ether oxygens (including phenoxy) is 2. The van der Waals surface area contributed by atoms with Gasteiger partial charge in [-0.25, -0.2) is 4.39 Å². The van der Waals surface area contributed by atoms with Crippen molar-refractivity contribution in [3.63, 3.8) is 0 Å². The van der Waals surface area contributed by atoms with Gasteiger partial charge in [-0.1, -0.05) is 12.1 Å². The Kier molecular flexibility index (Phi) is 5.60. The lowest BCUT2D eigenvalue weighted by Gasteiger charge is -2.30. The fraction of sp³-hybridized carbons (Fsp3) is 0.304. The van der Waals surface area contributed by atoms with Crippen molar-refractivity contribution in [1.29, 1.82) is 0 Å². The maximum atomic E-state index is 12.9. The number of amides is 1. The van der Waals surface area contributed by atoms with E-state index >= 15 is 0 Å². The van der Waals surface area contributed by atoms with Gasteiger partial charge in [0.05, 0.1) is 0 Å². The van der Waals surface area contributed by atoms with Gasteiger partial charge < -0.3 is 14.4 Å². The molecular formula is C23H22FNO4. The van der Waals surface area contributed by atoms with Crippen molar-refractivity contribution in [2.45, 2.75) is 12.8 Å². The Morgan fingerprint density at radius 2 is 1.66 bits per heavy atom. The second kappa shape index (κ2) is 8.47. The maximum absolute atomic E-state index is 12.9. The van der Waals surface area contributed by atoms with Crippen LogP contribution in [0.3, 0.4) is 0 Å². The molecule has 0 atom stereocenters. The topological polar surface area (TPSA) is 55.8 Å². The monoisotopic (exact) mass is 395 g/mol. The Balaban J connectivity index is 1.33. The highest BCUT2D eigenvalue weighted by Crippen LogP contribution is 2.32. The third-order valence-electron chi connectivity index (χ3n) is 5.29. The lowest BCUT2D eigenvalue weighted by atomic mass is 9.88. The van der Waals surface area contributed by atoms with Crippen molar-refractivity contribution in [3.8, 4) is 11.5 Å². The summed E-state index contributed by atoms with van der Waals surface area (Å²) < 4.78 is 24.0. The third kappa shape index (κ3) is 4.47. The number of Topliss-reactive ketones (excluding diaryl/α,β-unsaturated/α-hetero) is 1. The minimum atomic E-state index is -0.307. The quantitative estimate of drug-likeness (QED) is 0.585. The summed E-state index contributed by atoms with van der Waals surface area (Å²) in [5.74, 6) is 0.846. The van der Waals surface area contributed by atoms with Gasteiger partial charge in [0.2, 0.25) is 5.91 Å². The molecule has 2 heterocycles. The van der Waals surface area contributed by atoms with E-state index in [9.17, 15) is 14.0 Å². The maximum Gasteiger partial charge on any atom is 0.246 e. The molecule has 0 bridgehead atoms. The van der Waals surface area contributed by atoms with Crippen LogP contribution in [0.25, 0.3) is 6.08 Å². The largest absolute Gasteiger partial charge is 0.486 e. The standard InChI is InChI=1S/C23H22FNO4/c24-19-5-1-16(2-6-19)3-8-22(26)25-11-9-17(10-12-25)23(27)18-4-7-20-21(15-18)29-14-13-28-20/h1-8,15,17H,9-14H2. The number of nitrogens with zero attached hydrogens (tertiary/aromatic N) is 1. The van der Waals surface area contributed by atoms with E-state index in [0.29, 0.717) is 56.2 Å².